The van der Waals surface area contributed by atoms with Crippen LogP contribution in [0, 0.1) is 6.92 Å². The first kappa shape index (κ1) is 17.3. The van der Waals surface area contributed by atoms with E-state index in [1.807, 2.05) is 0 Å². The standard InChI is InChI=1S/C15H14F3N5OS/c1-9-11(20-6-4-12(9)24-8-15(16,17)18)7-25-14-22-10-3-2-5-21-13(10)23(14)19/h2-6H,7-8,19H2,1H3. The van der Waals surface area contributed by atoms with Crippen LogP contribution in [0.15, 0.2) is 35.7 Å². The Morgan fingerprint density at radius 1 is 1.24 bits per heavy atom. The number of thioether (sulfide) groups is 1. The van der Waals surface area contributed by atoms with E-state index >= 15 is 0 Å². The second-order valence-electron chi connectivity index (χ2n) is 5.18. The fourth-order valence-corrected chi connectivity index (χ4v) is 3.11. The van der Waals surface area contributed by atoms with E-state index < -0.39 is 12.8 Å². The molecule has 0 radical (unpaired) electrons. The Morgan fingerprint density at radius 2 is 2.04 bits per heavy atom. The molecule has 0 saturated heterocycles. The minimum absolute atomic E-state index is 0.158. The maximum absolute atomic E-state index is 12.3. The Kier molecular flexibility index (Phi) is 4.71. The van der Waals surface area contributed by atoms with Crippen LogP contribution in [0.4, 0.5) is 13.2 Å². The largest absolute Gasteiger partial charge is 0.484 e. The quantitative estimate of drug-likeness (QED) is 0.550. The predicted molar refractivity (Wildman–Crippen MR) is 87.8 cm³/mol. The molecule has 0 fully saturated rings. The summed E-state index contributed by atoms with van der Waals surface area (Å²) in [5.41, 5.74) is 2.37. The van der Waals surface area contributed by atoms with E-state index in [2.05, 4.69) is 15.0 Å². The summed E-state index contributed by atoms with van der Waals surface area (Å²) < 4.78 is 43.1. The summed E-state index contributed by atoms with van der Waals surface area (Å²) >= 11 is 1.32. The number of hydrogen-bond acceptors (Lipinski definition) is 6. The van der Waals surface area contributed by atoms with Gasteiger partial charge >= 0.3 is 6.18 Å². The zero-order valence-electron chi connectivity index (χ0n) is 13.1. The van der Waals surface area contributed by atoms with Gasteiger partial charge in [0.25, 0.3) is 0 Å². The molecule has 3 aromatic rings. The number of halogens is 3. The van der Waals surface area contributed by atoms with Gasteiger partial charge in [-0.2, -0.15) is 13.2 Å². The van der Waals surface area contributed by atoms with E-state index in [1.54, 1.807) is 25.3 Å². The van der Waals surface area contributed by atoms with Crippen LogP contribution >= 0.6 is 11.8 Å². The molecule has 0 spiro atoms. The van der Waals surface area contributed by atoms with E-state index in [-0.39, 0.29) is 5.75 Å². The van der Waals surface area contributed by atoms with Crippen molar-refractivity contribution >= 4 is 22.9 Å². The molecule has 0 aromatic carbocycles. The number of aromatic nitrogens is 4. The third-order valence-corrected chi connectivity index (χ3v) is 4.37. The second kappa shape index (κ2) is 6.79. The van der Waals surface area contributed by atoms with E-state index in [1.165, 1.54) is 28.7 Å². The van der Waals surface area contributed by atoms with Crippen LogP contribution in [0.3, 0.4) is 0 Å². The summed E-state index contributed by atoms with van der Waals surface area (Å²) in [4.78, 5) is 12.7. The fourth-order valence-electron chi connectivity index (χ4n) is 2.16. The highest BCUT2D eigenvalue weighted by Gasteiger charge is 2.28. The van der Waals surface area contributed by atoms with Crippen LogP contribution in [0.25, 0.3) is 11.2 Å². The monoisotopic (exact) mass is 369 g/mol. The van der Waals surface area contributed by atoms with Crippen LogP contribution in [0.2, 0.25) is 0 Å². The summed E-state index contributed by atoms with van der Waals surface area (Å²) in [5, 5.41) is 0.538. The van der Waals surface area contributed by atoms with Crippen molar-refractivity contribution in [2.75, 3.05) is 12.4 Å². The lowest BCUT2D eigenvalue weighted by Gasteiger charge is -2.13. The molecular weight excluding hydrogens is 355 g/mol. The van der Waals surface area contributed by atoms with Crippen LogP contribution < -0.4 is 10.6 Å². The Bertz CT molecular complexity index is 896. The molecule has 0 unspecified atom stereocenters. The van der Waals surface area contributed by atoms with Crippen LogP contribution in [-0.4, -0.2) is 32.4 Å². The predicted octanol–water partition coefficient (Wildman–Crippen LogP) is 3.08. The number of alkyl halides is 3. The summed E-state index contributed by atoms with van der Waals surface area (Å²) in [6.07, 6.45) is -1.35. The Labute approximate surface area is 145 Å². The van der Waals surface area contributed by atoms with Gasteiger partial charge in [-0.1, -0.05) is 11.8 Å². The Hall–Kier alpha value is -2.49. The van der Waals surface area contributed by atoms with Crippen molar-refractivity contribution in [1.29, 1.82) is 0 Å². The molecular formula is C15H14F3N5OS. The summed E-state index contributed by atoms with van der Waals surface area (Å²) in [5.74, 6) is 6.51. The summed E-state index contributed by atoms with van der Waals surface area (Å²) in [6, 6.07) is 4.97. The van der Waals surface area contributed by atoms with Crippen LogP contribution in [-0.2, 0) is 5.75 Å². The van der Waals surface area contributed by atoms with Gasteiger partial charge in [0.15, 0.2) is 17.4 Å². The molecule has 0 atom stereocenters. The molecule has 132 valence electrons. The Balaban J connectivity index is 1.75. The van der Waals surface area contributed by atoms with Crippen molar-refractivity contribution in [3.63, 3.8) is 0 Å². The maximum atomic E-state index is 12.3. The fraction of sp³-hybridized carbons (Fsp3) is 0.267. The number of fused-ring (bicyclic) bond motifs is 1. The summed E-state index contributed by atoms with van der Waals surface area (Å²) in [7, 11) is 0. The highest BCUT2D eigenvalue weighted by Crippen LogP contribution is 2.28. The molecule has 2 N–H and O–H groups in total. The zero-order valence-corrected chi connectivity index (χ0v) is 13.9. The molecule has 0 bridgehead atoms. The van der Waals surface area contributed by atoms with E-state index in [0.717, 1.165) is 0 Å². The number of nitrogens with two attached hydrogens (primary N) is 1. The van der Waals surface area contributed by atoms with E-state index in [4.69, 9.17) is 10.6 Å². The highest BCUT2D eigenvalue weighted by molar-refractivity contribution is 7.98. The molecule has 0 saturated carbocycles. The van der Waals surface area contributed by atoms with Gasteiger partial charge in [-0.15, -0.1) is 0 Å². The number of rotatable bonds is 5. The van der Waals surface area contributed by atoms with Gasteiger partial charge in [-0.25, -0.2) is 14.6 Å². The first-order valence-corrected chi connectivity index (χ1v) is 8.19. The van der Waals surface area contributed by atoms with Crippen LogP contribution in [0.1, 0.15) is 11.3 Å². The third-order valence-electron chi connectivity index (χ3n) is 3.40. The minimum Gasteiger partial charge on any atom is -0.484 e. The van der Waals surface area contributed by atoms with Gasteiger partial charge in [0.1, 0.15) is 11.3 Å². The van der Waals surface area contributed by atoms with Crippen molar-refractivity contribution in [2.24, 2.45) is 0 Å². The zero-order chi connectivity index (χ0) is 18.0. The average Bonchev–Trinajstić information content (AvgIpc) is 2.89. The molecule has 3 rings (SSSR count). The van der Waals surface area contributed by atoms with Crippen LogP contribution in [0.5, 0.6) is 5.75 Å². The summed E-state index contributed by atoms with van der Waals surface area (Å²) in [6.45, 7) is 0.330. The minimum atomic E-state index is -4.39. The van der Waals surface area contributed by atoms with Gasteiger partial charge in [-0.05, 0) is 25.1 Å². The number of nitrogen functional groups attached to an aromatic ring is 1. The number of pyridine rings is 2. The van der Waals surface area contributed by atoms with Gasteiger partial charge in [0, 0.05) is 23.7 Å². The molecule has 25 heavy (non-hydrogen) atoms. The highest BCUT2D eigenvalue weighted by atomic mass is 32.2. The number of nitrogens with zero attached hydrogens (tertiary/aromatic N) is 4. The third kappa shape index (κ3) is 3.95. The smallest absolute Gasteiger partial charge is 0.422 e. The van der Waals surface area contributed by atoms with Crippen molar-refractivity contribution in [2.45, 2.75) is 24.0 Å². The lowest BCUT2D eigenvalue weighted by Crippen LogP contribution is -2.19. The number of ether oxygens (including phenoxy) is 1. The van der Waals surface area contributed by atoms with Gasteiger partial charge in [0.2, 0.25) is 0 Å². The first-order chi connectivity index (χ1) is 11.8. The SMILES string of the molecule is Cc1c(OCC(F)(F)F)ccnc1CSc1nc2cccnc2n1N. The van der Waals surface area contributed by atoms with Crippen molar-refractivity contribution in [3.05, 3.63) is 41.9 Å². The average molecular weight is 369 g/mol. The number of imidazole rings is 1. The number of hydrogen-bond donors (Lipinski definition) is 1. The van der Waals surface area contributed by atoms with Crippen molar-refractivity contribution in [1.82, 2.24) is 19.6 Å². The molecule has 3 aromatic heterocycles. The lowest BCUT2D eigenvalue weighted by molar-refractivity contribution is -0.153. The maximum Gasteiger partial charge on any atom is 0.422 e. The van der Waals surface area contributed by atoms with E-state index in [9.17, 15) is 13.2 Å². The lowest BCUT2D eigenvalue weighted by atomic mass is 10.2. The molecule has 10 heteroatoms. The molecule has 3 heterocycles. The normalized spacial score (nSPS) is 11.8. The molecule has 0 aliphatic rings. The van der Waals surface area contributed by atoms with Crippen molar-refractivity contribution in [3.8, 4) is 5.75 Å². The van der Waals surface area contributed by atoms with Gasteiger partial charge in [-0.3, -0.25) is 4.98 Å². The first-order valence-electron chi connectivity index (χ1n) is 7.20. The topological polar surface area (TPSA) is 78.9 Å². The second-order valence-corrected chi connectivity index (χ2v) is 6.13. The molecule has 0 amide bonds. The Morgan fingerprint density at radius 3 is 2.76 bits per heavy atom. The molecule has 0 aliphatic carbocycles. The van der Waals surface area contributed by atoms with Gasteiger partial charge < -0.3 is 10.6 Å². The molecule has 6 nitrogen and oxygen atoms in total. The van der Waals surface area contributed by atoms with E-state index in [0.29, 0.717) is 33.3 Å². The molecule has 0 aliphatic heterocycles. The van der Waals surface area contributed by atoms with Crippen molar-refractivity contribution < 1.29 is 17.9 Å². The van der Waals surface area contributed by atoms with Gasteiger partial charge in [0.05, 0.1) is 5.69 Å².